The smallest absolute Gasteiger partial charge is 0.255 e. The Morgan fingerprint density at radius 3 is 2.88 bits per heavy atom. The Balaban J connectivity index is 2.65. The minimum Gasteiger partial charge on any atom is -0.318 e. The molecule has 4 heteroatoms. The summed E-state index contributed by atoms with van der Waals surface area (Å²) in [7, 11) is 0. The predicted octanol–water partition coefficient (Wildman–Crippen LogP) is 2.36. The standard InChI is InChI=1S/C12H16N2OS/c1-2-8-14-10-7-5-3-4-6-9(10)11(15)13-12(14)16/h2H,1,3-8H2,(H,13,15,16). The number of allylic oxidation sites excluding steroid dienone is 1. The first kappa shape index (κ1) is 11.3. The second kappa shape index (κ2) is 4.78. The first-order chi connectivity index (χ1) is 7.74. The molecule has 0 unspecified atom stereocenters. The molecular formula is C12H16N2OS. The van der Waals surface area contributed by atoms with Crippen LogP contribution in [0.15, 0.2) is 17.4 Å². The molecule has 1 aliphatic rings. The van der Waals surface area contributed by atoms with E-state index in [1.807, 2.05) is 10.6 Å². The van der Waals surface area contributed by atoms with Gasteiger partial charge in [0.2, 0.25) is 0 Å². The summed E-state index contributed by atoms with van der Waals surface area (Å²) in [5.41, 5.74) is 2.04. The summed E-state index contributed by atoms with van der Waals surface area (Å²) in [6.07, 6.45) is 7.08. The van der Waals surface area contributed by atoms with Gasteiger partial charge in [0.25, 0.3) is 5.56 Å². The van der Waals surface area contributed by atoms with E-state index >= 15 is 0 Å². The fourth-order valence-corrected chi connectivity index (χ4v) is 2.57. The number of aromatic nitrogens is 2. The zero-order chi connectivity index (χ0) is 11.5. The van der Waals surface area contributed by atoms with Gasteiger partial charge in [0, 0.05) is 17.8 Å². The highest BCUT2D eigenvalue weighted by Gasteiger charge is 2.15. The van der Waals surface area contributed by atoms with Crippen LogP contribution < -0.4 is 5.56 Å². The quantitative estimate of drug-likeness (QED) is 0.486. The van der Waals surface area contributed by atoms with Gasteiger partial charge in [-0.2, -0.15) is 0 Å². The van der Waals surface area contributed by atoms with Gasteiger partial charge in [0.1, 0.15) is 0 Å². The molecule has 0 saturated heterocycles. The van der Waals surface area contributed by atoms with E-state index < -0.39 is 0 Å². The molecule has 1 N–H and O–H groups in total. The van der Waals surface area contributed by atoms with Crippen molar-refractivity contribution in [2.24, 2.45) is 0 Å². The Morgan fingerprint density at radius 2 is 2.12 bits per heavy atom. The molecule has 0 aromatic carbocycles. The number of H-pyrrole nitrogens is 1. The molecule has 0 aliphatic heterocycles. The average Bonchev–Trinajstić information content (AvgIpc) is 2.49. The molecule has 0 amide bonds. The summed E-state index contributed by atoms with van der Waals surface area (Å²) in [5.74, 6) is 0. The maximum Gasteiger partial charge on any atom is 0.255 e. The lowest BCUT2D eigenvalue weighted by atomic mass is 10.1. The van der Waals surface area contributed by atoms with E-state index in [0.29, 0.717) is 11.3 Å². The highest BCUT2D eigenvalue weighted by atomic mass is 32.1. The molecule has 1 aromatic rings. The lowest BCUT2D eigenvalue weighted by Crippen LogP contribution is -2.22. The van der Waals surface area contributed by atoms with E-state index in [2.05, 4.69) is 11.6 Å². The van der Waals surface area contributed by atoms with Crippen LogP contribution in [0, 0.1) is 4.77 Å². The van der Waals surface area contributed by atoms with Crippen molar-refractivity contribution in [1.29, 1.82) is 0 Å². The highest BCUT2D eigenvalue weighted by molar-refractivity contribution is 7.71. The van der Waals surface area contributed by atoms with E-state index in [4.69, 9.17) is 12.2 Å². The zero-order valence-electron chi connectivity index (χ0n) is 9.29. The largest absolute Gasteiger partial charge is 0.318 e. The molecule has 0 radical (unpaired) electrons. The minimum atomic E-state index is 0.00205. The number of fused-ring (bicyclic) bond motifs is 1. The third kappa shape index (κ3) is 2.02. The topological polar surface area (TPSA) is 37.8 Å². The number of hydrogen-bond acceptors (Lipinski definition) is 2. The lowest BCUT2D eigenvalue weighted by molar-refractivity contribution is 0.668. The van der Waals surface area contributed by atoms with Crippen molar-refractivity contribution < 1.29 is 0 Å². The van der Waals surface area contributed by atoms with Crippen LogP contribution in [0.2, 0.25) is 0 Å². The Labute approximate surface area is 99.8 Å². The van der Waals surface area contributed by atoms with Crippen molar-refractivity contribution in [1.82, 2.24) is 9.55 Å². The summed E-state index contributed by atoms with van der Waals surface area (Å²) >= 11 is 5.19. The van der Waals surface area contributed by atoms with Crippen molar-refractivity contribution in [3.63, 3.8) is 0 Å². The zero-order valence-corrected chi connectivity index (χ0v) is 10.1. The molecule has 0 bridgehead atoms. The van der Waals surface area contributed by atoms with E-state index in [0.717, 1.165) is 36.9 Å². The van der Waals surface area contributed by atoms with Crippen LogP contribution in [0.1, 0.15) is 30.5 Å². The van der Waals surface area contributed by atoms with Crippen LogP contribution >= 0.6 is 12.2 Å². The van der Waals surface area contributed by atoms with Crippen molar-refractivity contribution >= 4 is 12.2 Å². The number of nitrogens with one attached hydrogen (secondary N) is 1. The summed E-state index contributed by atoms with van der Waals surface area (Å²) in [6, 6.07) is 0. The van der Waals surface area contributed by atoms with Crippen molar-refractivity contribution in [2.45, 2.75) is 38.6 Å². The van der Waals surface area contributed by atoms with Gasteiger partial charge >= 0.3 is 0 Å². The van der Waals surface area contributed by atoms with Crippen LogP contribution in [-0.4, -0.2) is 9.55 Å². The maximum atomic E-state index is 11.8. The van der Waals surface area contributed by atoms with Gasteiger partial charge in [-0.1, -0.05) is 12.5 Å². The van der Waals surface area contributed by atoms with E-state index in [9.17, 15) is 4.79 Å². The molecule has 86 valence electrons. The molecule has 1 heterocycles. The SMILES string of the molecule is C=CCn1c2c(c(=O)[nH]c1=S)CCCCC2. The van der Waals surface area contributed by atoms with E-state index in [1.165, 1.54) is 6.42 Å². The van der Waals surface area contributed by atoms with E-state index in [1.54, 1.807) is 0 Å². The molecule has 1 aromatic heterocycles. The summed E-state index contributed by atoms with van der Waals surface area (Å²) in [4.78, 5) is 14.6. The second-order valence-corrected chi connectivity index (χ2v) is 4.53. The fraction of sp³-hybridized carbons (Fsp3) is 0.500. The molecule has 2 rings (SSSR count). The number of hydrogen-bond donors (Lipinski definition) is 1. The van der Waals surface area contributed by atoms with Gasteiger partial charge in [-0.25, -0.2) is 0 Å². The molecule has 1 aliphatic carbocycles. The Morgan fingerprint density at radius 1 is 1.38 bits per heavy atom. The van der Waals surface area contributed by atoms with Gasteiger partial charge in [-0.3, -0.25) is 9.78 Å². The Hall–Kier alpha value is -1.16. The number of nitrogens with zero attached hydrogens (tertiary/aromatic N) is 1. The molecule has 0 spiro atoms. The van der Waals surface area contributed by atoms with Gasteiger partial charge in [0.05, 0.1) is 0 Å². The fourth-order valence-electron chi connectivity index (χ4n) is 2.29. The summed E-state index contributed by atoms with van der Waals surface area (Å²) in [6.45, 7) is 4.41. The lowest BCUT2D eigenvalue weighted by Gasteiger charge is -2.13. The van der Waals surface area contributed by atoms with Crippen LogP contribution in [0.25, 0.3) is 0 Å². The third-order valence-corrected chi connectivity index (χ3v) is 3.39. The van der Waals surface area contributed by atoms with Gasteiger partial charge < -0.3 is 4.57 Å². The maximum absolute atomic E-state index is 11.8. The minimum absolute atomic E-state index is 0.00205. The van der Waals surface area contributed by atoms with Gasteiger partial charge in [-0.15, -0.1) is 6.58 Å². The summed E-state index contributed by atoms with van der Waals surface area (Å²) in [5, 5.41) is 0. The number of aromatic amines is 1. The molecule has 0 saturated carbocycles. The molecule has 0 atom stereocenters. The summed E-state index contributed by atoms with van der Waals surface area (Å²) < 4.78 is 2.52. The van der Waals surface area contributed by atoms with Crippen molar-refractivity contribution in [2.75, 3.05) is 0 Å². The van der Waals surface area contributed by atoms with Gasteiger partial charge in [0.15, 0.2) is 4.77 Å². The van der Waals surface area contributed by atoms with Crippen LogP contribution in [0.4, 0.5) is 0 Å². The normalized spacial score (nSPS) is 15.2. The molecular weight excluding hydrogens is 220 g/mol. The average molecular weight is 236 g/mol. The van der Waals surface area contributed by atoms with Crippen molar-refractivity contribution in [3.8, 4) is 0 Å². The first-order valence-corrected chi connectivity index (χ1v) is 6.10. The first-order valence-electron chi connectivity index (χ1n) is 5.70. The predicted molar refractivity (Wildman–Crippen MR) is 67.3 cm³/mol. The third-order valence-electron chi connectivity index (χ3n) is 3.07. The second-order valence-electron chi connectivity index (χ2n) is 4.14. The van der Waals surface area contributed by atoms with Crippen LogP contribution in [0.5, 0.6) is 0 Å². The van der Waals surface area contributed by atoms with Gasteiger partial charge in [-0.05, 0) is 37.9 Å². The van der Waals surface area contributed by atoms with Crippen LogP contribution in [0.3, 0.4) is 0 Å². The molecule has 3 nitrogen and oxygen atoms in total. The number of rotatable bonds is 2. The Bertz CT molecular complexity index is 513. The molecule has 0 fully saturated rings. The van der Waals surface area contributed by atoms with Crippen molar-refractivity contribution in [3.05, 3.63) is 39.0 Å². The Kier molecular flexibility index (Phi) is 3.39. The highest BCUT2D eigenvalue weighted by Crippen LogP contribution is 2.17. The van der Waals surface area contributed by atoms with E-state index in [-0.39, 0.29) is 5.56 Å². The van der Waals surface area contributed by atoms with Crippen LogP contribution in [-0.2, 0) is 19.4 Å². The monoisotopic (exact) mass is 236 g/mol. The molecule has 16 heavy (non-hydrogen) atoms.